The molecule has 118 valence electrons. The summed E-state index contributed by atoms with van der Waals surface area (Å²) < 4.78 is 0. The van der Waals surface area contributed by atoms with Crippen LogP contribution in [0.15, 0.2) is 24.3 Å². The first-order chi connectivity index (χ1) is 10.6. The molecule has 6 heteroatoms. The molecule has 6 nitrogen and oxygen atoms in total. The van der Waals surface area contributed by atoms with E-state index in [0.29, 0.717) is 12.1 Å². The van der Waals surface area contributed by atoms with Crippen molar-refractivity contribution >= 4 is 17.9 Å². The van der Waals surface area contributed by atoms with Crippen molar-refractivity contribution in [2.24, 2.45) is 5.92 Å². The number of hydrogen-bond donors (Lipinski definition) is 4. The molecule has 1 unspecified atom stereocenters. The van der Waals surface area contributed by atoms with Crippen molar-refractivity contribution < 1.29 is 19.8 Å². The fourth-order valence-electron chi connectivity index (χ4n) is 2.36. The fraction of sp³-hybridized carbons (Fsp3) is 0.375. The highest BCUT2D eigenvalue weighted by atomic mass is 16.3. The topological polar surface area (TPSA) is 98.7 Å². The molecule has 1 aliphatic rings. The number of phenolic OH excluding ortho intramolecular Hbond substituents is 2. The van der Waals surface area contributed by atoms with Gasteiger partial charge in [-0.25, -0.2) is 0 Å². The highest BCUT2D eigenvalue weighted by Crippen LogP contribution is 2.25. The molecule has 0 aromatic heterocycles. The Labute approximate surface area is 128 Å². The Bertz CT molecular complexity index is 584. The zero-order valence-electron chi connectivity index (χ0n) is 12.2. The number of hydrogen-bond acceptors (Lipinski definition) is 4. The Kier molecular flexibility index (Phi) is 5.41. The van der Waals surface area contributed by atoms with Gasteiger partial charge in [-0.05, 0) is 43.0 Å². The Morgan fingerprint density at radius 1 is 1.36 bits per heavy atom. The molecule has 1 fully saturated rings. The Balaban J connectivity index is 1.70. The van der Waals surface area contributed by atoms with Crippen LogP contribution >= 0.6 is 0 Å². The number of rotatable bonds is 6. The maximum absolute atomic E-state index is 11.6. The number of aromatic hydroxyl groups is 2. The van der Waals surface area contributed by atoms with Gasteiger partial charge in [0, 0.05) is 25.1 Å². The summed E-state index contributed by atoms with van der Waals surface area (Å²) >= 11 is 0. The molecule has 4 N–H and O–H groups in total. The van der Waals surface area contributed by atoms with E-state index in [1.165, 1.54) is 18.2 Å². The molecule has 1 atom stereocenters. The third-order valence-electron chi connectivity index (χ3n) is 3.62. The lowest BCUT2D eigenvalue weighted by Crippen LogP contribution is -2.24. The predicted molar refractivity (Wildman–Crippen MR) is 82.2 cm³/mol. The molecule has 2 amide bonds. The van der Waals surface area contributed by atoms with Crippen molar-refractivity contribution in [1.29, 1.82) is 0 Å². The van der Waals surface area contributed by atoms with Crippen LogP contribution in [0.2, 0.25) is 0 Å². The predicted octanol–water partition coefficient (Wildman–Crippen LogP) is 1.14. The average molecular weight is 304 g/mol. The van der Waals surface area contributed by atoms with Gasteiger partial charge >= 0.3 is 0 Å². The Hall–Kier alpha value is -2.50. The normalized spacial score (nSPS) is 17.6. The van der Waals surface area contributed by atoms with E-state index >= 15 is 0 Å². The quantitative estimate of drug-likeness (QED) is 0.360. The standard InChI is InChI=1S/C16H20N2O4/c19-13-5-3-11(10-14(13)20)4-6-15(21)17-8-1-2-12-7-9-18-16(12)22/h3-6,10,12,19-20H,1-2,7-9H2,(H,17,21)(H,18,22). The van der Waals surface area contributed by atoms with Gasteiger partial charge in [0.1, 0.15) is 0 Å². The third-order valence-corrected chi connectivity index (χ3v) is 3.62. The molecule has 1 saturated heterocycles. The van der Waals surface area contributed by atoms with E-state index in [2.05, 4.69) is 10.6 Å². The van der Waals surface area contributed by atoms with Gasteiger partial charge in [0.15, 0.2) is 11.5 Å². The highest BCUT2D eigenvalue weighted by Gasteiger charge is 2.22. The van der Waals surface area contributed by atoms with Gasteiger partial charge in [0.25, 0.3) is 0 Å². The van der Waals surface area contributed by atoms with Gasteiger partial charge < -0.3 is 20.8 Å². The molecule has 2 rings (SSSR count). The third kappa shape index (κ3) is 4.51. The Morgan fingerprint density at radius 3 is 2.86 bits per heavy atom. The van der Waals surface area contributed by atoms with Gasteiger partial charge in [-0.15, -0.1) is 0 Å². The smallest absolute Gasteiger partial charge is 0.243 e. The molecular weight excluding hydrogens is 284 g/mol. The largest absolute Gasteiger partial charge is 0.504 e. The molecular formula is C16H20N2O4. The van der Waals surface area contributed by atoms with E-state index in [0.717, 1.165) is 25.8 Å². The van der Waals surface area contributed by atoms with Crippen LogP contribution in [0.3, 0.4) is 0 Å². The molecule has 1 aromatic carbocycles. The summed E-state index contributed by atoms with van der Waals surface area (Å²) in [5, 5.41) is 24.1. The van der Waals surface area contributed by atoms with Gasteiger partial charge in [0.05, 0.1) is 0 Å². The summed E-state index contributed by atoms with van der Waals surface area (Å²) in [7, 11) is 0. The van der Waals surface area contributed by atoms with Crippen molar-refractivity contribution in [3.8, 4) is 11.5 Å². The van der Waals surface area contributed by atoms with E-state index in [1.54, 1.807) is 12.1 Å². The molecule has 0 bridgehead atoms. The van der Waals surface area contributed by atoms with E-state index < -0.39 is 0 Å². The van der Waals surface area contributed by atoms with Crippen LogP contribution in [-0.4, -0.2) is 35.1 Å². The van der Waals surface area contributed by atoms with Crippen molar-refractivity contribution in [2.45, 2.75) is 19.3 Å². The SMILES string of the molecule is O=C(C=Cc1ccc(O)c(O)c1)NCCCC1CCNC1=O. The lowest BCUT2D eigenvalue weighted by atomic mass is 10.0. The van der Waals surface area contributed by atoms with Crippen LogP contribution in [0.5, 0.6) is 11.5 Å². The van der Waals surface area contributed by atoms with Crippen molar-refractivity contribution in [2.75, 3.05) is 13.1 Å². The lowest BCUT2D eigenvalue weighted by Gasteiger charge is -2.06. The van der Waals surface area contributed by atoms with Crippen molar-refractivity contribution in [3.63, 3.8) is 0 Å². The van der Waals surface area contributed by atoms with Crippen LogP contribution < -0.4 is 10.6 Å². The zero-order chi connectivity index (χ0) is 15.9. The molecule has 0 aliphatic carbocycles. The minimum absolute atomic E-state index is 0.0763. The first-order valence-corrected chi connectivity index (χ1v) is 7.32. The molecule has 0 saturated carbocycles. The summed E-state index contributed by atoms with van der Waals surface area (Å²) in [5.74, 6) is -0.468. The number of carbonyl (C=O) groups excluding carboxylic acids is 2. The fourth-order valence-corrected chi connectivity index (χ4v) is 2.36. The maximum atomic E-state index is 11.6. The average Bonchev–Trinajstić information content (AvgIpc) is 2.90. The molecule has 22 heavy (non-hydrogen) atoms. The van der Waals surface area contributed by atoms with Crippen molar-refractivity contribution in [1.82, 2.24) is 10.6 Å². The number of benzene rings is 1. The minimum Gasteiger partial charge on any atom is -0.504 e. The van der Waals surface area contributed by atoms with Crippen LogP contribution in [0.25, 0.3) is 6.08 Å². The molecule has 1 heterocycles. The van der Waals surface area contributed by atoms with Gasteiger partial charge in [-0.3, -0.25) is 9.59 Å². The van der Waals surface area contributed by atoms with E-state index in [1.807, 2.05) is 0 Å². The van der Waals surface area contributed by atoms with Crippen LogP contribution in [0.1, 0.15) is 24.8 Å². The number of amides is 2. The Morgan fingerprint density at radius 2 is 2.18 bits per heavy atom. The minimum atomic E-state index is -0.233. The van der Waals surface area contributed by atoms with Crippen LogP contribution in [-0.2, 0) is 9.59 Å². The lowest BCUT2D eigenvalue weighted by molar-refractivity contribution is -0.122. The maximum Gasteiger partial charge on any atom is 0.243 e. The first-order valence-electron chi connectivity index (χ1n) is 7.32. The van der Waals surface area contributed by atoms with E-state index in [4.69, 9.17) is 0 Å². The summed E-state index contributed by atoms with van der Waals surface area (Å²) in [5.41, 5.74) is 0.619. The number of carbonyl (C=O) groups is 2. The summed E-state index contributed by atoms with van der Waals surface area (Å²) in [4.78, 5) is 23.0. The molecule has 0 radical (unpaired) electrons. The van der Waals surface area contributed by atoms with Crippen molar-refractivity contribution in [3.05, 3.63) is 29.8 Å². The zero-order valence-corrected chi connectivity index (χ0v) is 12.2. The summed E-state index contributed by atoms with van der Waals surface area (Å²) in [6.45, 7) is 1.27. The summed E-state index contributed by atoms with van der Waals surface area (Å²) in [6, 6.07) is 4.33. The molecule has 1 aliphatic heterocycles. The van der Waals surface area contributed by atoms with Gasteiger partial charge in [-0.1, -0.05) is 6.07 Å². The van der Waals surface area contributed by atoms with E-state index in [9.17, 15) is 19.8 Å². The van der Waals surface area contributed by atoms with Crippen LogP contribution in [0, 0.1) is 5.92 Å². The highest BCUT2D eigenvalue weighted by molar-refractivity contribution is 5.91. The van der Waals surface area contributed by atoms with E-state index in [-0.39, 0.29) is 29.2 Å². The molecule has 0 spiro atoms. The molecule has 1 aromatic rings. The second-order valence-electron chi connectivity index (χ2n) is 5.29. The second-order valence-corrected chi connectivity index (χ2v) is 5.29. The summed E-state index contributed by atoms with van der Waals surface area (Å²) in [6.07, 6.45) is 5.34. The van der Waals surface area contributed by atoms with Gasteiger partial charge in [0.2, 0.25) is 11.8 Å². The monoisotopic (exact) mass is 304 g/mol. The van der Waals surface area contributed by atoms with Crippen LogP contribution in [0.4, 0.5) is 0 Å². The second kappa shape index (κ2) is 7.49. The first kappa shape index (κ1) is 15.9. The van der Waals surface area contributed by atoms with Gasteiger partial charge in [-0.2, -0.15) is 0 Å². The number of phenols is 2. The number of nitrogens with one attached hydrogen (secondary N) is 2.